The molecule has 0 aromatic heterocycles. The largest absolute Gasteiger partial charge is 0.241 e. The van der Waals surface area contributed by atoms with Gasteiger partial charge in [0.1, 0.15) is 0 Å². The lowest BCUT2D eigenvalue weighted by Gasteiger charge is -2.22. The van der Waals surface area contributed by atoms with Gasteiger partial charge < -0.3 is 0 Å². The molecule has 0 amide bonds. The Morgan fingerprint density at radius 2 is 1.50 bits per heavy atom. The fraction of sp³-hybridized carbons (Fsp3) is 0.400. The Kier molecular flexibility index (Phi) is 5.83. The Hall–Kier alpha value is -1.65. The number of sulfonamides is 1. The van der Waals surface area contributed by atoms with Gasteiger partial charge in [-0.2, -0.15) is 0 Å². The summed E-state index contributed by atoms with van der Waals surface area (Å²) in [7, 11) is -3.58. The van der Waals surface area contributed by atoms with Crippen molar-refractivity contribution in [2.75, 3.05) is 0 Å². The number of nitrogens with one attached hydrogen (secondary N) is 1. The molecular weight excluding hydrogens is 318 g/mol. The van der Waals surface area contributed by atoms with E-state index in [9.17, 15) is 8.42 Å². The summed E-state index contributed by atoms with van der Waals surface area (Å²) in [6.07, 6.45) is 0.757. The Labute approximate surface area is 146 Å². The molecule has 4 heteroatoms. The highest BCUT2D eigenvalue weighted by Gasteiger charge is 2.25. The van der Waals surface area contributed by atoms with E-state index in [1.807, 2.05) is 63.2 Å². The zero-order valence-electron chi connectivity index (χ0n) is 15.1. The van der Waals surface area contributed by atoms with Crippen LogP contribution in [0.2, 0.25) is 0 Å². The number of benzene rings is 2. The van der Waals surface area contributed by atoms with Gasteiger partial charge in [0.25, 0.3) is 0 Å². The summed E-state index contributed by atoms with van der Waals surface area (Å²) in [6, 6.07) is 13.4. The second-order valence-electron chi connectivity index (χ2n) is 6.94. The van der Waals surface area contributed by atoms with Crippen LogP contribution < -0.4 is 4.72 Å². The third-order valence-corrected chi connectivity index (χ3v) is 5.86. The molecule has 0 aliphatic carbocycles. The maximum absolute atomic E-state index is 13.0. The number of aryl methyl sites for hydroxylation is 3. The molecule has 0 bridgehead atoms. The minimum absolute atomic E-state index is 0.226. The lowest BCUT2D eigenvalue weighted by Crippen LogP contribution is -2.30. The zero-order chi connectivity index (χ0) is 17.9. The highest BCUT2D eigenvalue weighted by Crippen LogP contribution is 2.27. The first-order valence-corrected chi connectivity index (χ1v) is 9.84. The van der Waals surface area contributed by atoms with Crippen LogP contribution in [0.5, 0.6) is 0 Å². The van der Waals surface area contributed by atoms with Crippen molar-refractivity contribution in [3.63, 3.8) is 0 Å². The van der Waals surface area contributed by atoms with E-state index in [0.717, 1.165) is 28.7 Å². The summed E-state index contributed by atoms with van der Waals surface area (Å²) in [5.41, 5.74) is 3.65. The highest BCUT2D eigenvalue weighted by atomic mass is 32.2. The summed E-state index contributed by atoms with van der Waals surface area (Å²) in [4.78, 5) is 0.401. The molecule has 24 heavy (non-hydrogen) atoms. The van der Waals surface area contributed by atoms with E-state index >= 15 is 0 Å². The standard InChI is InChI=1S/C20H27NO2S/c1-14(2)11-19(18-9-7-6-8-10-18)21-24(22,23)20-16(4)12-15(3)13-17(20)5/h6-10,12-14,19,21H,11H2,1-5H3/t19-/m1/s1. The molecule has 0 saturated carbocycles. The minimum atomic E-state index is -3.58. The molecule has 0 fully saturated rings. The van der Waals surface area contributed by atoms with E-state index in [1.54, 1.807) is 0 Å². The molecule has 130 valence electrons. The van der Waals surface area contributed by atoms with Crippen molar-refractivity contribution >= 4 is 10.0 Å². The van der Waals surface area contributed by atoms with Crippen molar-refractivity contribution in [2.24, 2.45) is 5.92 Å². The molecule has 0 radical (unpaired) electrons. The maximum Gasteiger partial charge on any atom is 0.241 e. The van der Waals surface area contributed by atoms with E-state index in [4.69, 9.17) is 0 Å². The van der Waals surface area contributed by atoms with Crippen LogP contribution in [0.3, 0.4) is 0 Å². The molecule has 0 spiro atoms. The SMILES string of the molecule is Cc1cc(C)c(S(=O)(=O)N[C@H](CC(C)C)c2ccccc2)c(C)c1. The summed E-state index contributed by atoms with van der Waals surface area (Å²) in [5.74, 6) is 0.387. The molecule has 1 N–H and O–H groups in total. The van der Waals surface area contributed by atoms with E-state index < -0.39 is 10.0 Å². The normalized spacial score (nSPS) is 13.2. The molecule has 2 rings (SSSR count). The predicted molar refractivity (Wildman–Crippen MR) is 99.6 cm³/mol. The van der Waals surface area contributed by atoms with Crippen LogP contribution in [0.25, 0.3) is 0 Å². The van der Waals surface area contributed by atoms with Gasteiger partial charge in [-0.3, -0.25) is 0 Å². The first-order valence-electron chi connectivity index (χ1n) is 8.36. The van der Waals surface area contributed by atoms with Crippen LogP contribution in [0.4, 0.5) is 0 Å². The molecule has 3 nitrogen and oxygen atoms in total. The molecule has 2 aromatic rings. The molecule has 0 aliphatic heterocycles. The molecule has 0 unspecified atom stereocenters. The maximum atomic E-state index is 13.0. The van der Waals surface area contributed by atoms with Crippen molar-refractivity contribution in [3.05, 3.63) is 64.7 Å². The van der Waals surface area contributed by atoms with Gasteiger partial charge in [-0.25, -0.2) is 13.1 Å². The molecule has 0 heterocycles. The van der Waals surface area contributed by atoms with Crippen LogP contribution in [-0.2, 0) is 10.0 Å². The van der Waals surface area contributed by atoms with Gasteiger partial charge in [-0.15, -0.1) is 0 Å². The Bertz CT molecular complexity index is 773. The minimum Gasteiger partial charge on any atom is -0.207 e. The molecule has 2 aromatic carbocycles. The molecule has 0 aliphatic rings. The Morgan fingerprint density at radius 1 is 0.958 bits per heavy atom. The average molecular weight is 346 g/mol. The zero-order valence-corrected chi connectivity index (χ0v) is 15.9. The van der Waals surface area contributed by atoms with Crippen LogP contribution in [0.1, 0.15) is 48.6 Å². The van der Waals surface area contributed by atoms with Crippen molar-refractivity contribution in [1.29, 1.82) is 0 Å². The number of hydrogen-bond donors (Lipinski definition) is 1. The average Bonchev–Trinajstić information content (AvgIpc) is 2.45. The lowest BCUT2D eigenvalue weighted by atomic mass is 9.98. The van der Waals surface area contributed by atoms with Crippen molar-refractivity contribution in [3.8, 4) is 0 Å². The van der Waals surface area contributed by atoms with Crippen LogP contribution in [0, 0.1) is 26.7 Å². The van der Waals surface area contributed by atoms with Gasteiger partial charge in [0.05, 0.1) is 4.90 Å². The lowest BCUT2D eigenvalue weighted by molar-refractivity contribution is 0.471. The number of rotatable bonds is 6. The molecular formula is C20H27NO2S. The molecule has 1 atom stereocenters. The van der Waals surface area contributed by atoms with Crippen molar-refractivity contribution < 1.29 is 8.42 Å². The van der Waals surface area contributed by atoms with Crippen LogP contribution in [-0.4, -0.2) is 8.42 Å². The van der Waals surface area contributed by atoms with Crippen molar-refractivity contribution in [1.82, 2.24) is 4.72 Å². The van der Waals surface area contributed by atoms with Crippen molar-refractivity contribution in [2.45, 2.75) is 52.0 Å². The summed E-state index contributed by atoms with van der Waals surface area (Å²) >= 11 is 0. The van der Waals surface area contributed by atoms with Gasteiger partial charge in [0, 0.05) is 6.04 Å². The fourth-order valence-electron chi connectivity index (χ4n) is 3.25. The van der Waals surface area contributed by atoms with Gasteiger partial charge >= 0.3 is 0 Å². The smallest absolute Gasteiger partial charge is 0.207 e. The summed E-state index contributed by atoms with van der Waals surface area (Å²) in [6.45, 7) is 9.90. The second-order valence-corrected chi connectivity index (χ2v) is 8.59. The van der Waals surface area contributed by atoms with E-state index in [0.29, 0.717) is 10.8 Å². The summed E-state index contributed by atoms with van der Waals surface area (Å²) < 4.78 is 29.0. The fourth-order valence-corrected chi connectivity index (χ4v) is 4.94. The number of hydrogen-bond acceptors (Lipinski definition) is 2. The van der Waals surface area contributed by atoms with E-state index in [-0.39, 0.29) is 6.04 Å². The van der Waals surface area contributed by atoms with Gasteiger partial charge in [-0.05, 0) is 49.8 Å². The highest BCUT2D eigenvalue weighted by molar-refractivity contribution is 7.89. The Balaban J connectivity index is 2.41. The van der Waals surface area contributed by atoms with Crippen LogP contribution >= 0.6 is 0 Å². The van der Waals surface area contributed by atoms with Gasteiger partial charge in [0.2, 0.25) is 10.0 Å². The first-order chi connectivity index (χ1) is 11.2. The van der Waals surface area contributed by atoms with Gasteiger partial charge in [-0.1, -0.05) is 61.9 Å². The van der Waals surface area contributed by atoms with Gasteiger partial charge in [0.15, 0.2) is 0 Å². The molecule has 0 saturated heterocycles. The third kappa shape index (κ3) is 4.46. The van der Waals surface area contributed by atoms with E-state index in [2.05, 4.69) is 18.6 Å². The monoisotopic (exact) mass is 345 g/mol. The second kappa shape index (κ2) is 7.49. The summed E-state index contributed by atoms with van der Waals surface area (Å²) in [5, 5.41) is 0. The quantitative estimate of drug-likeness (QED) is 0.826. The predicted octanol–water partition coefficient (Wildman–Crippen LogP) is 4.68. The Morgan fingerprint density at radius 3 is 2.00 bits per heavy atom. The van der Waals surface area contributed by atoms with Crippen LogP contribution in [0.15, 0.2) is 47.4 Å². The first kappa shape index (κ1) is 18.7. The third-order valence-electron chi connectivity index (χ3n) is 4.08. The topological polar surface area (TPSA) is 46.2 Å². The van der Waals surface area contributed by atoms with E-state index in [1.165, 1.54) is 0 Å².